The average molecular weight is 495 g/mol. The molecule has 4 rings (SSSR count). The SMILES string of the molecule is CCN(CC)CCCNC(=S)N(Cc1ccc2c(c1)OCO2)Cc1cc2cc(C)ccc2[nH]c1=O. The third-order valence-corrected chi connectivity index (χ3v) is 6.76. The van der Waals surface area contributed by atoms with Gasteiger partial charge in [0.05, 0.1) is 6.54 Å². The number of thiocarbonyl (C=S) groups is 1. The summed E-state index contributed by atoms with van der Waals surface area (Å²) in [6, 6.07) is 13.9. The van der Waals surface area contributed by atoms with Gasteiger partial charge in [-0.3, -0.25) is 4.79 Å². The van der Waals surface area contributed by atoms with Gasteiger partial charge in [0.1, 0.15) is 0 Å². The van der Waals surface area contributed by atoms with Gasteiger partial charge in [-0.15, -0.1) is 0 Å². The van der Waals surface area contributed by atoms with Crippen molar-refractivity contribution in [3.63, 3.8) is 0 Å². The zero-order valence-electron chi connectivity index (χ0n) is 20.7. The molecule has 0 spiro atoms. The molecule has 3 aromatic rings. The molecular weight excluding hydrogens is 460 g/mol. The van der Waals surface area contributed by atoms with E-state index < -0.39 is 0 Å². The molecule has 0 radical (unpaired) electrons. The largest absolute Gasteiger partial charge is 0.454 e. The molecule has 1 aromatic heterocycles. The number of pyridine rings is 1. The first-order valence-electron chi connectivity index (χ1n) is 12.2. The highest BCUT2D eigenvalue weighted by Crippen LogP contribution is 2.33. The summed E-state index contributed by atoms with van der Waals surface area (Å²) in [5, 5.41) is 5.05. The van der Waals surface area contributed by atoms with Gasteiger partial charge in [0.25, 0.3) is 5.56 Å². The lowest BCUT2D eigenvalue weighted by Gasteiger charge is -2.26. The van der Waals surface area contributed by atoms with E-state index in [9.17, 15) is 4.79 Å². The minimum atomic E-state index is -0.0960. The summed E-state index contributed by atoms with van der Waals surface area (Å²) in [4.78, 5) is 20.3. The summed E-state index contributed by atoms with van der Waals surface area (Å²) in [5.74, 6) is 1.48. The van der Waals surface area contributed by atoms with E-state index in [2.05, 4.69) is 35.1 Å². The van der Waals surface area contributed by atoms with E-state index in [0.717, 1.165) is 66.1 Å². The Hall–Kier alpha value is -3.10. The lowest BCUT2D eigenvalue weighted by Crippen LogP contribution is -2.41. The van der Waals surface area contributed by atoms with Gasteiger partial charge in [-0.2, -0.15) is 0 Å². The summed E-state index contributed by atoms with van der Waals surface area (Å²) >= 11 is 5.80. The molecule has 0 fully saturated rings. The topological polar surface area (TPSA) is 69.8 Å². The molecular formula is C27H34N4O3S. The quantitative estimate of drug-likeness (QED) is 0.324. The summed E-state index contributed by atoms with van der Waals surface area (Å²) < 4.78 is 11.0. The lowest BCUT2D eigenvalue weighted by molar-refractivity contribution is 0.174. The van der Waals surface area contributed by atoms with Gasteiger partial charge in [0.15, 0.2) is 16.6 Å². The van der Waals surface area contributed by atoms with Crippen LogP contribution in [0.15, 0.2) is 47.3 Å². The van der Waals surface area contributed by atoms with E-state index in [-0.39, 0.29) is 12.4 Å². The number of aromatic nitrogens is 1. The molecule has 0 amide bonds. The van der Waals surface area contributed by atoms with Gasteiger partial charge >= 0.3 is 0 Å². The molecule has 0 atom stereocenters. The van der Waals surface area contributed by atoms with E-state index in [1.54, 1.807) is 0 Å². The monoisotopic (exact) mass is 494 g/mol. The maximum Gasteiger partial charge on any atom is 0.253 e. The molecule has 8 heteroatoms. The molecule has 2 aromatic carbocycles. The number of nitrogens with zero attached hydrogens (tertiary/aromatic N) is 2. The Bertz CT molecular complexity index is 1240. The molecule has 2 heterocycles. The van der Waals surface area contributed by atoms with Gasteiger partial charge in [0.2, 0.25) is 6.79 Å². The van der Waals surface area contributed by atoms with E-state index >= 15 is 0 Å². The third kappa shape index (κ3) is 6.32. The smallest absolute Gasteiger partial charge is 0.253 e. The maximum atomic E-state index is 12.9. The number of hydrogen-bond acceptors (Lipinski definition) is 5. The predicted molar refractivity (Wildman–Crippen MR) is 144 cm³/mol. The average Bonchev–Trinajstić information content (AvgIpc) is 3.32. The van der Waals surface area contributed by atoms with Gasteiger partial charge in [0, 0.05) is 24.2 Å². The molecule has 0 bridgehead atoms. The number of nitrogens with one attached hydrogen (secondary N) is 2. The number of aromatic amines is 1. The van der Waals surface area contributed by atoms with Crippen LogP contribution < -0.4 is 20.3 Å². The third-order valence-electron chi connectivity index (χ3n) is 6.36. The highest BCUT2D eigenvalue weighted by Gasteiger charge is 2.18. The number of rotatable bonds is 10. The van der Waals surface area contributed by atoms with Crippen LogP contribution in [0, 0.1) is 6.92 Å². The summed E-state index contributed by atoms with van der Waals surface area (Å²) in [7, 11) is 0. The highest BCUT2D eigenvalue weighted by molar-refractivity contribution is 7.80. The van der Waals surface area contributed by atoms with E-state index in [4.69, 9.17) is 21.7 Å². The minimum absolute atomic E-state index is 0.0960. The highest BCUT2D eigenvalue weighted by atomic mass is 32.1. The number of benzene rings is 2. The standard InChI is InChI=1S/C27H34N4O3S/c1-4-30(5-2)12-6-11-28-27(35)31(16-20-8-10-24-25(14-20)34-18-33-24)17-22-15-21-13-19(3)7-9-23(21)29-26(22)32/h7-10,13-15H,4-6,11-12,16-18H2,1-3H3,(H,28,35)(H,29,32). The number of aryl methyl sites for hydroxylation is 1. The van der Waals surface area contributed by atoms with Gasteiger partial charge in [-0.25, -0.2) is 0 Å². The molecule has 7 nitrogen and oxygen atoms in total. The second kappa shape index (κ2) is 11.6. The fourth-order valence-corrected chi connectivity index (χ4v) is 4.53. The predicted octanol–water partition coefficient (Wildman–Crippen LogP) is 4.17. The van der Waals surface area contributed by atoms with E-state index in [0.29, 0.717) is 23.8 Å². The molecule has 0 saturated carbocycles. The molecule has 0 saturated heterocycles. The van der Waals surface area contributed by atoms with Crippen molar-refractivity contribution >= 4 is 28.2 Å². The number of hydrogen-bond donors (Lipinski definition) is 2. The normalized spacial score (nSPS) is 12.3. The van der Waals surface area contributed by atoms with Crippen molar-refractivity contribution in [3.05, 3.63) is 69.5 Å². The van der Waals surface area contributed by atoms with Crippen molar-refractivity contribution in [2.24, 2.45) is 0 Å². The van der Waals surface area contributed by atoms with Crippen LogP contribution in [0.4, 0.5) is 0 Å². The lowest BCUT2D eigenvalue weighted by atomic mass is 10.1. The van der Waals surface area contributed by atoms with Crippen LogP contribution in [0.5, 0.6) is 11.5 Å². The molecule has 0 unspecified atom stereocenters. The van der Waals surface area contributed by atoms with Crippen LogP contribution in [0.25, 0.3) is 10.9 Å². The Morgan fingerprint density at radius 2 is 1.86 bits per heavy atom. The van der Waals surface area contributed by atoms with E-state index in [1.165, 1.54) is 0 Å². The van der Waals surface area contributed by atoms with E-state index in [1.807, 2.05) is 48.2 Å². The first kappa shape index (κ1) is 25.0. The Morgan fingerprint density at radius 3 is 2.66 bits per heavy atom. The summed E-state index contributed by atoms with van der Waals surface area (Å²) in [6.45, 7) is 11.5. The van der Waals surface area contributed by atoms with Crippen LogP contribution in [0.2, 0.25) is 0 Å². The maximum absolute atomic E-state index is 12.9. The fraction of sp³-hybridized carbons (Fsp3) is 0.407. The van der Waals surface area contributed by atoms with Gasteiger partial charge in [-0.05, 0) is 86.5 Å². The Balaban J connectivity index is 1.52. The summed E-state index contributed by atoms with van der Waals surface area (Å²) in [5.41, 5.74) is 3.61. The van der Waals surface area contributed by atoms with Crippen molar-refractivity contribution in [2.75, 3.05) is 33.0 Å². The second-order valence-electron chi connectivity index (χ2n) is 8.87. The molecule has 186 valence electrons. The molecule has 1 aliphatic rings. The number of H-pyrrole nitrogens is 1. The fourth-order valence-electron chi connectivity index (χ4n) is 4.30. The van der Waals surface area contributed by atoms with Crippen LogP contribution in [-0.4, -0.2) is 52.9 Å². The van der Waals surface area contributed by atoms with Crippen LogP contribution in [0.1, 0.15) is 37.0 Å². The van der Waals surface area contributed by atoms with Crippen LogP contribution in [0.3, 0.4) is 0 Å². The minimum Gasteiger partial charge on any atom is -0.454 e. The van der Waals surface area contributed by atoms with Crippen LogP contribution >= 0.6 is 12.2 Å². The molecule has 1 aliphatic heterocycles. The zero-order valence-corrected chi connectivity index (χ0v) is 21.5. The van der Waals surface area contributed by atoms with Crippen molar-refractivity contribution in [1.29, 1.82) is 0 Å². The molecule has 2 N–H and O–H groups in total. The Kier molecular flexibility index (Phi) is 8.25. The zero-order chi connectivity index (χ0) is 24.8. The Morgan fingerprint density at radius 1 is 1.06 bits per heavy atom. The first-order valence-corrected chi connectivity index (χ1v) is 12.6. The van der Waals surface area contributed by atoms with Gasteiger partial charge in [-0.1, -0.05) is 31.5 Å². The van der Waals surface area contributed by atoms with Crippen molar-refractivity contribution in [3.8, 4) is 11.5 Å². The number of fused-ring (bicyclic) bond motifs is 2. The second-order valence-corrected chi connectivity index (χ2v) is 9.26. The van der Waals surface area contributed by atoms with Gasteiger partial charge < -0.3 is 29.6 Å². The molecule has 35 heavy (non-hydrogen) atoms. The van der Waals surface area contributed by atoms with Crippen molar-refractivity contribution in [1.82, 2.24) is 20.1 Å². The summed E-state index contributed by atoms with van der Waals surface area (Å²) in [6.07, 6.45) is 0.996. The van der Waals surface area contributed by atoms with Crippen molar-refractivity contribution in [2.45, 2.75) is 40.3 Å². The molecule has 0 aliphatic carbocycles. The number of ether oxygens (including phenoxy) is 2. The van der Waals surface area contributed by atoms with Crippen molar-refractivity contribution < 1.29 is 9.47 Å². The first-order chi connectivity index (χ1) is 17.0. The van der Waals surface area contributed by atoms with Crippen LogP contribution in [-0.2, 0) is 13.1 Å². The Labute approximate surface area is 212 Å².